The zero-order valence-corrected chi connectivity index (χ0v) is 12.8. The lowest BCUT2D eigenvalue weighted by Gasteiger charge is -2.08. The second-order valence-corrected chi connectivity index (χ2v) is 7.25. The van der Waals surface area contributed by atoms with Gasteiger partial charge in [0.2, 0.25) is 0 Å². The summed E-state index contributed by atoms with van der Waals surface area (Å²) in [5.74, 6) is 0.0733. The van der Waals surface area contributed by atoms with Crippen LogP contribution in [-0.2, 0) is 9.84 Å². The quantitative estimate of drug-likeness (QED) is 0.746. The highest BCUT2D eigenvalue weighted by Gasteiger charge is 2.17. The fraction of sp³-hybridized carbons (Fsp3) is 0.188. The van der Waals surface area contributed by atoms with Gasteiger partial charge < -0.3 is 0 Å². The molecule has 4 nitrogen and oxygen atoms in total. The van der Waals surface area contributed by atoms with E-state index in [1.165, 1.54) is 0 Å². The predicted molar refractivity (Wildman–Crippen MR) is 83.5 cm³/mol. The van der Waals surface area contributed by atoms with Crippen LogP contribution in [0.15, 0.2) is 53.6 Å². The van der Waals surface area contributed by atoms with Crippen molar-refractivity contribution in [1.82, 2.24) is 9.78 Å². The highest BCUT2D eigenvalue weighted by Crippen LogP contribution is 2.23. The van der Waals surface area contributed by atoms with Crippen LogP contribution >= 0.6 is 0 Å². The van der Waals surface area contributed by atoms with Gasteiger partial charge in [0.1, 0.15) is 0 Å². The average Bonchev–Trinajstić information content (AvgIpc) is 2.90. The third-order valence-corrected chi connectivity index (χ3v) is 5.27. The summed E-state index contributed by atoms with van der Waals surface area (Å²) in [5, 5.41) is 5.49. The molecule has 0 aliphatic rings. The van der Waals surface area contributed by atoms with Gasteiger partial charge in [0.05, 0.1) is 21.9 Å². The Morgan fingerprint density at radius 3 is 2.67 bits per heavy atom. The van der Waals surface area contributed by atoms with Gasteiger partial charge >= 0.3 is 0 Å². The minimum atomic E-state index is -3.28. The number of sulfone groups is 1. The van der Waals surface area contributed by atoms with Gasteiger partial charge in [-0.2, -0.15) is 5.10 Å². The number of para-hydroxylation sites is 1. The maximum Gasteiger partial charge on any atom is 0.180 e. The molecule has 3 rings (SSSR count). The molecule has 5 heteroatoms. The molecule has 1 aromatic heterocycles. The van der Waals surface area contributed by atoms with Crippen molar-refractivity contribution in [3.63, 3.8) is 0 Å². The Morgan fingerprint density at radius 1 is 1.14 bits per heavy atom. The Hall–Kier alpha value is -2.14. The summed E-state index contributed by atoms with van der Waals surface area (Å²) >= 11 is 0. The third kappa shape index (κ3) is 2.45. The fourth-order valence-electron chi connectivity index (χ4n) is 2.31. The van der Waals surface area contributed by atoms with Gasteiger partial charge in [0.25, 0.3) is 0 Å². The van der Waals surface area contributed by atoms with E-state index >= 15 is 0 Å². The number of fused-ring (bicyclic) bond motifs is 1. The van der Waals surface area contributed by atoms with Crippen LogP contribution in [0.1, 0.15) is 12.5 Å². The Morgan fingerprint density at radius 2 is 1.90 bits per heavy atom. The van der Waals surface area contributed by atoms with Crippen LogP contribution in [-0.4, -0.2) is 24.0 Å². The largest absolute Gasteiger partial charge is 0.238 e. The van der Waals surface area contributed by atoms with Gasteiger partial charge in [-0.05, 0) is 30.7 Å². The standard InChI is InChI=1S/C16H16N2O2S/c1-3-21(19,20)16-7-5-4-6-15(16)18-11-13-9-8-12(2)10-14(13)17-18/h4-11H,3H2,1-2H3. The molecule has 0 bridgehead atoms. The molecule has 0 amide bonds. The van der Waals surface area contributed by atoms with E-state index in [0.29, 0.717) is 10.6 Å². The Labute approximate surface area is 123 Å². The number of nitrogens with zero attached hydrogens (tertiary/aromatic N) is 2. The molecule has 1 heterocycles. The first-order chi connectivity index (χ1) is 10.0. The molecule has 0 spiro atoms. The van der Waals surface area contributed by atoms with E-state index in [1.54, 1.807) is 29.8 Å². The maximum atomic E-state index is 12.2. The number of aryl methyl sites for hydroxylation is 1. The Kier molecular flexibility index (Phi) is 3.29. The second kappa shape index (κ2) is 5.00. The van der Waals surface area contributed by atoms with E-state index in [2.05, 4.69) is 5.10 Å². The first kappa shape index (κ1) is 13.8. The van der Waals surface area contributed by atoms with E-state index in [-0.39, 0.29) is 5.75 Å². The summed E-state index contributed by atoms with van der Waals surface area (Å²) in [6, 6.07) is 13.0. The third-order valence-electron chi connectivity index (χ3n) is 3.49. The topological polar surface area (TPSA) is 52.0 Å². The summed E-state index contributed by atoms with van der Waals surface area (Å²) in [5.41, 5.74) is 2.58. The first-order valence-electron chi connectivity index (χ1n) is 6.79. The van der Waals surface area contributed by atoms with Crippen molar-refractivity contribution in [2.75, 3.05) is 5.75 Å². The molecule has 0 radical (unpaired) electrons. The normalized spacial score (nSPS) is 11.9. The minimum absolute atomic E-state index is 0.0733. The van der Waals surface area contributed by atoms with Gasteiger partial charge in [-0.15, -0.1) is 0 Å². The molecule has 3 aromatic rings. The summed E-state index contributed by atoms with van der Waals surface area (Å²) < 4.78 is 26.1. The van der Waals surface area contributed by atoms with Crippen molar-refractivity contribution in [2.24, 2.45) is 0 Å². The summed E-state index contributed by atoms with van der Waals surface area (Å²) in [4.78, 5) is 0.317. The zero-order chi connectivity index (χ0) is 15.0. The SMILES string of the molecule is CCS(=O)(=O)c1ccccc1-n1cc2ccc(C)cc2n1. The molecule has 2 aromatic carbocycles. The van der Waals surface area contributed by atoms with Crippen molar-refractivity contribution in [2.45, 2.75) is 18.7 Å². The zero-order valence-electron chi connectivity index (χ0n) is 11.9. The molecule has 0 aliphatic heterocycles. The number of rotatable bonds is 3. The van der Waals surface area contributed by atoms with Crippen LogP contribution in [0.25, 0.3) is 16.6 Å². The van der Waals surface area contributed by atoms with E-state index < -0.39 is 9.84 Å². The molecule has 0 aliphatic carbocycles. The van der Waals surface area contributed by atoms with Crippen LogP contribution in [0.3, 0.4) is 0 Å². The van der Waals surface area contributed by atoms with Gasteiger partial charge in [-0.3, -0.25) is 0 Å². The van der Waals surface area contributed by atoms with Crippen molar-refractivity contribution in [3.05, 3.63) is 54.2 Å². The van der Waals surface area contributed by atoms with Crippen LogP contribution in [0.4, 0.5) is 0 Å². The number of benzene rings is 2. The fourth-order valence-corrected chi connectivity index (χ4v) is 3.39. The monoisotopic (exact) mass is 300 g/mol. The molecule has 0 atom stereocenters. The molecule has 0 N–H and O–H groups in total. The van der Waals surface area contributed by atoms with Crippen LogP contribution in [0.5, 0.6) is 0 Å². The van der Waals surface area contributed by atoms with Gasteiger partial charge in [0.15, 0.2) is 9.84 Å². The Bertz CT molecular complexity index is 911. The lowest BCUT2D eigenvalue weighted by molar-refractivity contribution is 0.596. The highest BCUT2D eigenvalue weighted by molar-refractivity contribution is 7.91. The first-order valence-corrected chi connectivity index (χ1v) is 8.44. The van der Waals surface area contributed by atoms with Gasteiger partial charge in [-0.25, -0.2) is 13.1 Å². The summed E-state index contributed by atoms with van der Waals surface area (Å²) in [7, 11) is -3.28. The lowest BCUT2D eigenvalue weighted by atomic mass is 10.2. The number of hydrogen-bond acceptors (Lipinski definition) is 3. The van der Waals surface area contributed by atoms with Gasteiger partial charge in [0, 0.05) is 11.6 Å². The molecular formula is C16H16N2O2S. The Balaban J connectivity index is 2.24. The molecule has 0 saturated carbocycles. The molecular weight excluding hydrogens is 284 g/mol. The van der Waals surface area contributed by atoms with E-state index in [9.17, 15) is 8.42 Å². The van der Waals surface area contributed by atoms with Crippen LogP contribution < -0.4 is 0 Å². The molecule has 21 heavy (non-hydrogen) atoms. The smallest absolute Gasteiger partial charge is 0.180 e. The maximum absolute atomic E-state index is 12.2. The van der Waals surface area contributed by atoms with E-state index in [1.807, 2.05) is 37.4 Å². The average molecular weight is 300 g/mol. The van der Waals surface area contributed by atoms with E-state index in [0.717, 1.165) is 16.5 Å². The minimum Gasteiger partial charge on any atom is -0.238 e. The lowest BCUT2D eigenvalue weighted by Crippen LogP contribution is -2.09. The molecule has 0 saturated heterocycles. The van der Waals surface area contributed by atoms with Crippen molar-refractivity contribution >= 4 is 20.7 Å². The molecule has 0 unspecified atom stereocenters. The molecule has 0 fully saturated rings. The summed E-state index contributed by atoms with van der Waals surface area (Å²) in [6.07, 6.45) is 1.86. The van der Waals surface area contributed by atoms with Gasteiger partial charge in [-0.1, -0.05) is 31.2 Å². The molecule has 108 valence electrons. The van der Waals surface area contributed by atoms with Crippen molar-refractivity contribution < 1.29 is 8.42 Å². The number of hydrogen-bond donors (Lipinski definition) is 0. The summed E-state index contributed by atoms with van der Waals surface area (Å²) in [6.45, 7) is 3.66. The highest BCUT2D eigenvalue weighted by atomic mass is 32.2. The second-order valence-electron chi connectivity index (χ2n) is 5.01. The van der Waals surface area contributed by atoms with Crippen LogP contribution in [0, 0.1) is 6.92 Å². The van der Waals surface area contributed by atoms with Crippen molar-refractivity contribution in [3.8, 4) is 5.69 Å². The van der Waals surface area contributed by atoms with E-state index in [4.69, 9.17) is 0 Å². The predicted octanol–water partition coefficient (Wildman–Crippen LogP) is 3.13. The van der Waals surface area contributed by atoms with Crippen LogP contribution in [0.2, 0.25) is 0 Å². The number of aromatic nitrogens is 2. The van der Waals surface area contributed by atoms with Crippen molar-refractivity contribution in [1.29, 1.82) is 0 Å².